The van der Waals surface area contributed by atoms with Crippen molar-refractivity contribution in [3.8, 4) is 10.6 Å². The van der Waals surface area contributed by atoms with Gasteiger partial charge < -0.3 is 5.32 Å². The minimum atomic E-state index is -0.220. The molecule has 0 unspecified atom stereocenters. The molecule has 3 aromatic rings. The van der Waals surface area contributed by atoms with Crippen molar-refractivity contribution in [3.05, 3.63) is 63.5 Å². The Balaban J connectivity index is 1.64. The van der Waals surface area contributed by atoms with Crippen LogP contribution >= 0.6 is 22.7 Å². The Bertz CT molecular complexity index is 689. The van der Waals surface area contributed by atoms with Crippen LogP contribution in [0.2, 0.25) is 0 Å². The third-order valence-electron chi connectivity index (χ3n) is 3.20. The number of halogens is 1. The number of aromatic nitrogens is 1. The van der Waals surface area contributed by atoms with Crippen LogP contribution in [0.15, 0.2) is 47.2 Å². The quantitative estimate of drug-likeness (QED) is 0.726. The van der Waals surface area contributed by atoms with E-state index in [0.717, 1.165) is 22.8 Å². The first-order chi connectivity index (χ1) is 10.2. The first kappa shape index (κ1) is 14.4. The lowest BCUT2D eigenvalue weighted by Gasteiger charge is -2.10. The van der Waals surface area contributed by atoms with Gasteiger partial charge in [0.25, 0.3) is 0 Å². The Labute approximate surface area is 131 Å². The molecule has 2 aromatic heterocycles. The highest BCUT2D eigenvalue weighted by Gasteiger charge is 2.08. The van der Waals surface area contributed by atoms with Gasteiger partial charge in [-0.1, -0.05) is 6.07 Å². The Morgan fingerprint density at radius 3 is 2.71 bits per heavy atom. The number of hydrogen-bond donors (Lipinski definition) is 1. The van der Waals surface area contributed by atoms with Crippen LogP contribution < -0.4 is 5.32 Å². The summed E-state index contributed by atoms with van der Waals surface area (Å²) in [5.41, 5.74) is 1.97. The molecule has 0 aliphatic carbocycles. The highest BCUT2D eigenvalue weighted by molar-refractivity contribution is 7.13. The van der Waals surface area contributed by atoms with E-state index >= 15 is 0 Å². The smallest absolute Gasteiger partial charge is 0.123 e. The van der Waals surface area contributed by atoms with E-state index in [2.05, 4.69) is 34.7 Å². The van der Waals surface area contributed by atoms with Crippen LogP contribution in [0.3, 0.4) is 0 Å². The van der Waals surface area contributed by atoms with Crippen molar-refractivity contribution in [1.82, 2.24) is 10.3 Å². The third-order valence-corrected chi connectivity index (χ3v) is 5.20. The number of rotatable bonds is 5. The summed E-state index contributed by atoms with van der Waals surface area (Å²) in [6.45, 7) is 2.88. The Kier molecular flexibility index (Phi) is 4.43. The summed E-state index contributed by atoms with van der Waals surface area (Å²) in [6, 6.07) is 11.0. The molecule has 0 bridgehead atoms. The minimum absolute atomic E-state index is 0.220. The second-order valence-electron chi connectivity index (χ2n) is 4.77. The van der Waals surface area contributed by atoms with Gasteiger partial charge in [0.1, 0.15) is 10.8 Å². The lowest BCUT2D eigenvalue weighted by Crippen LogP contribution is -2.17. The molecule has 2 nitrogen and oxygen atoms in total. The van der Waals surface area contributed by atoms with Crippen LogP contribution in [0.25, 0.3) is 10.6 Å². The number of thiophene rings is 1. The van der Waals surface area contributed by atoms with E-state index in [1.165, 1.54) is 17.0 Å². The van der Waals surface area contributed by atoms with Crippen LogP contribution in [0.4, 0.5) is 4.39 Å². The molecule has 0 aliphatic rings. The fraction of sp³-hybridized carbons (Fsp3) is 0.188. The van der Waals surface area contributed by atoms with E-state index in [9.17, 15) is 4.39 Å². The number of nitrogens with zero attached hydrogens (tertiary/aromatic N) is 1. The maximum atomic E-state index is 12.9. The van der Waals surface area contributed by atoms with Crippen molar-refractivity contribution >= 4 is 22.7 Å². The summed E-state index contributed by atoms with van der Waals surface area (Å²) in [7, 11) is 0. The molecule has 1 atom stereocenters. The van der Waals surface area contributed by atoms with E-state index in [-0.39, 0.29) is 5.82 Å². The van der Waals surface area contributed by atoms with Crippen molar-refractivity contribution < 1.29 is 4.39 Å². The zero-order valence-electron chi connectivity index (χ0n) is 11.5. The SMILES string of the molecule is C[C@H](NCc1csc(-c2ccc(F)cc2)n1)c1cccs1. The predicted octanol–water partition coefficient (Wildman–Crippen LogP) is 4.86. The second kappa shape index (κ2) is 6.47. The van der Waals surface area contributed by atoms with E-state index in [1.807, 2.05) is 5.38 Å². The van der Waals surface area contributed by atoms with Gasteiger partial charge in [0, 0.05) is 28.4 Å². The summed E-state index contributed by atoms with van der Waals surface area (Å²) >= 11 is 3.34. The maximum Gasteiger partial charge on any atom is 0.123 e. The molecule has 1 N–H and O–H groups in total. The van der Waals surface area contributed by atoms with E-state index in [1.54, 1.807) is 34.8 Å². The first-order valence-corrected chi connectivity index (χ1v) is 8.45. The highest BCUT2D eigenvalue weighted by Crippen LogP contribution is 2.24. The molecule has 5 heteroatoms. The van der Waals surface area contributed by atoms with E-state index in [0.29, 0.717) is 6.04 Å². The highest BCUT2D eigenvalue weighted by atomic mass is 32.1. The molecule has 21 heavy (non-hydrogen) atoms. The minimum Gasteiger partial charge on any atom is -0.304 e. The molecule has 2 heterocycles. The first-order valence-electron chi connectivity index (χ1n) is 6.69. The Morgan fingerprint density at radius 1 is 1.19 bits per heavy atom. The molecule has 3 rings (SSSR count). The molecule has 0 amide bonds. The zero-order chi connectivity index (χ0) is 14.7. The zero-order valence-corrected chi connectivity index (χ0v) is 13.2. The lowest BCUT2D eigenvalue weighted by molar-refractivity contribution is 0.577. The summed E-state index contributed by atoms with van der Waals surface area (Å²) in [5.74, 6) is -0.220. The van der Waals surface area contributed by atoms with E-state index < -0.39 is 0 Å². The van der Waals surface area contributed by atoms with Crippen molar-refractivity contribution in [2.45, 2.75) is 19.5 Å². The molecule has 0 fully saturated rings. The summed E-state index contributed by atoms with van der Waals surface area (Å²) in [4.78, 5) is 5.92. The summed E-state index contributed by atoms with van der Waals surface area (Å²) in [5, 5.41) is 8.53. The Hall–Kier alpha value is -1.56. The van der Waals surface area contributed by atoms with Crippen LogP contribution in [-0.4, -0.2) is 4.98 Å². The van der Waals surface area contributed by atoms with Crippen molar-refractivity contribution in [2.75, 3.05) is 0 Å². The molecule has 0 saturated heterocycles. The fourth-order valence-corrected chi connectivity index (χ4v) is 3.59. The predicted molar refractivity (Wildman–Crippen MR) is 87.1 cm³/mol. The van der Waals surface area contributed by atoms with Gasteiger partial charge in [0.15, 0.2) is 0 Å². The second-order valence-corrected chi connectivity index (χ2v) is 6.61. The fourth-order valence-electron chi connectivity index (χ4n) is 2.01. The van der Waals surface area contributed by atoms with Gasteiger partial charge in [-0.05, 0) is 42.6 Å². The molecule has 0 saturated carbocycles. The van der Waals surface area contributed by atoms with Crippen LogP contribution in [-0.2, 0) is 6.54 Å². The van der Waals surface area contributed by atoms with Gasteiger partial charge in [-0.3, -0.25) is 0 Å². The van der Waals surface area contributed by atoms with Gasteiger partial charge in [-0.25, -0.2) is 9.37 Å². The van der Waals surface area contributed by atoms with Crippen LogP contribution in [0.1, 0.15) is 23.5 Å². The van der Waals surface area contributed by atoms with Crippen molar-refractivity contribution in [1.29, 1.82) is 0 Å². The van der Waals surface area contributed by atoms with Gasteiger partial charge in [0.05, 0.1) is 5.69 Å². The average molecular weight is 318 g/mol. The number of thiazole rings is 1. The largest absolute Gasteiger partial charge is 0.304 e. The van der Waals surface area contributed by atoms with Gasteiger partial charge >= 0.3 is 0 Å². The van der Waals surface area contributed by atoms with Crippen LogP contribution in [0, 0.1) is 5.82 Å². The molecular formula is C16H15FN2S2. The average Bonchev–Trinajstić information content (AvgIpc) is 3.17. The summed E-state index contributed by atoms with van der Waals surface area (Å²) in [6.07, 6.45) is 0. The standard InChI is InChI=1S/C16H15FN2S2/c1-11(15-3-2-8-20-15)18-9-14-10-21-16(19-14)12-4-6-13(17)7-5-12/h2-8,10-11,18H,9H2,1H3/t11-/m0/s1. The van der Waals surface area contributed by atoms with E-state index in [4.69, 9.17) is 0 Å². The molecule has 0 spiro atoms. The number of hydrogen-bond acceptors (Lipinski definition) is 4. The summed E-state index contributed by atoms with van der Waals surface area (Å²) < 4.78 is 12.9. The normalized spacial score (nSPS) is 12.5. The third kappa shape index (κ3) is 3.56. The molecule has 108 valence electrons. The number of benzene rings is 1. The topological polar surface area (TPSA) is 24.9 Å². The molecule has 0 radical (unpaired) electrons. The Morgan fingerprint density at radius 2 is 2.00 bits per heavy atom. The molecule has 0 aliphatic heterocycles. The van der Waals surface area contributed by atoms with Gasteiger partial charge in [-0.15, -0.1) is 22.7 Å². The monoisotopic (exact) mass is 318 g/mol. The van der Waals surface area contributed by atoms with Crippen molar-refractivity contribution in [2.24, 2.45) is 0 Å². The lowest BCUT2D eigenvalue weighted by atomic mass is 10.2. The van der Waals surface area contributed by atoms with Gasteiger partial charge in [-0.2, -0.15) is 0 Å². The molecule has 1 aromatic carbocycles. The maximum absolute atomic E-state index is 12.9. The molecular weight excluding hydrogens is 303 g/mol. The van der Waals surface area contributed by atoms with Crippen LogP contribution in [0.5, 0.6) is 0 Å². The van der Waals surface area contributed by atoms with Gasteiger partial charge in [0.2, 0.25) is 0 Å². The number of nitrogens with one attached hydrogen (secondary N) is 1. The van der Waals surface area contributed by atoms with Crippen molar-refractivity contribution in [3.63, 3.8) is 0 Å².